The molecule has 2 heterocycles. The van der Waals surface area contributed by atoms with Gasteiger partial charge in [0.2, 0.25) is 0 Å². The van der Waals surface area contributed by atoms with E-state index in [0.29, 0.717) is 30.8 Å². The van der Waals surface area contributed by atoms with Crippen LogP contribution in [0.15, 0.2) is 65.4 Å². The van der Waals surface area contributed by atoms with Crippen molar-refractivity contribution in [3.05, 3.63) is 87.6 Å². The number of nitrogens with zero attached hydrogens (tertiary/aromatic N) is 4. The third kappa shape index (κ3) is 5.22. The third-order valence-corrected chi connectivity index (χ3v) is 6.68. The molecular weight excluding hydrogens is 476 g/mol. The van der Waals surface area contributed by atoms with Gasteiger partial charge in [-0.25, -0.2) is 4.68 Å². The van der Waals surface area contributed by atoms with Crippen molar-refractivity contribution in [3.63, 3.8) is 0 Å². The summed E-state index contributed by atoms with van der Waals surface area (Å²) >= 11 is 0. The lowest BCUT2D eigenvalue weighted by molar-refractivity contribution is -0.140. The van der Waals surface area contributed by atoms with Crippen LogP contribution in [-0.4, -0.2) is 46.3 Å². The van der Waals surface area contributed by atoms with E-state index in [1.54, 1.807) is 17.7 Å². The minimum absolute atomic E-state index is 0.0213. The van der Waals surface area contributed by atoms with Crippen LogP contribution in [0.5, 0.6) is 0 Å². The standard InChI is InChI=1S/C31H32N4O3/c1-6-38-14-10-13-34-30(36)26(23(5)27(18-32)31(34)37)17-24-19-35(25-11-8-7-9-12-25)33-29(24)28-21(3)15-20(2)16-22(28)4/h7-9,11-12,15-17,19H,6,10,13-14H2,1-5H3/b26-17+. The average molecular weight is 509 g/mol. The molecule has 0 atom stereocenters. The fraction of sp³-hybridized carbons (Fsp3) is 0.290. The molecular formula is C31H32N4O3. The van der Waals surface area contributed by atoms with Gasteiger partial charge in [0, 0.05) is 42.7 Å². The van der Waals surface area contributed by atoms with Crippen molar-refractivity contribution in [1.82, 2.24) is 14.7 Å². The minimum atomic E-state index is -0.561. The number of nitriles is 1. The normalized spacial score (nSPS) is 14.9. The van der Waals surface area contributed by atoms with Crippen molar-refractivity contribution in [2.24, 2.45) is 0 Å². The van der Waals surface area contributed by atoms with Crippen LogP contribution in [0.3, 0.4) is 0 Å². The molecule has 0 saturated carbocycles. The van der Waals surface area contributed by atoms with Crippen LogP contribution in [0, 0.1) is 32.1 Å². The monoisotopic (exact) mass is 508 g/mol. The molecule has 2 aromatic carbocycles. The highest BCUT2D eigenvalue weighted by Gasteiger charge is 2.35. The lowest BCUT2D eigenvalue weighted by Gasteiger charge is -2.27. The second-order valence-electron chi connectivity index (χ2n) is 9.47. The Hall–Kier alpha value is -4.28. The maximum Gasteiger partial charge on any atom is 0.271 e. The van der Waals surface area contributed by atoms with Gasteiger partial charge in [-0.3, -0.25) is 14.5 Å². The van der Waals surface area contributed by atoms with Gasteiger partial charge < -0.3 is 4.74 Å². The van der Waals surface area contributed by atoms with Crippen molar-refractivity contribution in [3.8, 4) is 23.0 Å². The highest BCUT2D eigenvalue weighted by molar-refractivity contribution is 6.19. The highest BCUT2D eigenvalue weighted by Crippen LogP contribution is 2.34. The Kier molecular flexibility index (Phi) is 8.04. The molecule has 0 radical (unpaired) electrons. The number of hydrogen-bond donors (Lipinski definition) is 0. The number of benzene rings is 2. The van der Waals surface area contributed by atoms with E-state index in [9.17, 15) is 14.9 Å². The van der Waals surface area contributed by atoms with Gasteiger partial charge in [0.25, 0.3) is 11.8 Å². The number of imide groups is 1. The Morgan fingerprint density at radius 2 is 1.71 bits per heavy atom. The van der Waals surface area contributed by atoms with Crippen LogP contribution in [0.25, 0.3) is 23.0 Å². The van der Waals surface area contributed by atoms with Crippen LogP contribution in [0.1, 0.15) is 42.5 Å². The first-order valence-electron chi connectivity index (χ1n) is 12.8. The summed E-state index contributed by atoms with van der Waals surface area (Å²) in [5.41, 5.74) is 7.32. The first kappa shape index (κ1) is 26.8. The van der Waals surface area contributed by atoms with Gasteiger partial charge in [-0.05, 0) is 75.9 Å². The summed E-state index contributed by atoms with van der Waals surface area (Å²) in [6, 6.07) is 16.0. The second-order valence-corrected chi connectivity index (χ2v) is 9.47. The molecule has 4 rings (SSSR count). The molecule has 0 bridgehead atoms. The van der Waals surface area contributed by atoms with Crippen LogP contribution >= 0.6 is 0 Å². The molecule has 1 aromatic heterocycles. The van der Waals surface area contributed by atoms with Crippen molar-refractivity contribution in [2.45, 2.75) is 41.0 Å². The fourth-order valence-corrected chi connectivity index (χ4v) is 4.91. The smallest absolute Gasteiger partial charge is 0.271 e. The average Bonchev–Trinajstić information content (AvgIpc) is 3.29. The molecule has 0 unspecified atom stereocenters. The molecule has 3 aromatic rings. The Morgan fingerprint density at radius 1 is 1.03 bits per heavy atom. The van der Waals surface area contributed by atoms with Gasteiger partial charge in [-0.1, -0.05) is 35.9 Å². The van der Waals surface area contributed by atoms with E-state index in [-0.39, 0.29) is 12.1 Å². The summed E-state index contributed by atoms with van der Waals surface area (Å²) in [6.45, 7) is 10.9. The van der Waals surface area contributed by atoms with Gasteiger partial charge in [0.05, 0.1) is 5.69 Å². The van der Waals surface area contributed by atoms with Gasteiger partial charge in [-0.15, -0.1) is 0 Å². The summed E-state index contributed by atoms with van der Waals surface area (Å²) < 4.78 is 7.17. The molecule has 0 fully saturated rings. The van der Waals surface area contributed by atoms with Gasteiger partial charge >= 0.3 is 0 Å². The quantitative estimate of drug-likeness (QED) is 0.228. The van der Waals surface area contributed by atoms with E-state index in [1.807, 2.05) is 49.5 Å². The number of carbonyl (C=O) groups excluding carboxylic acids is 2. The van der Waals surface area contributed by atoms with Crippen LogP contribution < -0.4 is 0 Å². The van der Waals surface area contributed by atoms with E-state index < -0.39 is 11.8 Å². The van der Waals surface area contributed by atoms with Crippen LogP contribution in [-0.2, 0) is 14.3 Å². The SMILES string of the molecule is CCOCCCN1C(=O)C(C#N)=C(C)/C(=C\c2cn(-c3ccccc3)nc2-c2c(C)cc(C)cc2C)C1=O. The number of aryl methyl sites for hydroxylation is 3. The van der Waals surface area contributed by atoms with E-state index in [0.717, 1.165) is 44.1 Å². The molecule has 194 valence electrons. The third-order valence-electron chi connectivity index (χ3n) is 6.68. The zero-order chi connectivity index (χ0) is 27.4. The topological polar surface area (TPSA) is 88.2 Å². The fourth-order valence-electron chi connectivity index (χ4n) is 4.91. The summed E-state index contributed by atoms with van der Waals surface area (Å²) in [7, 11) is 0. The molecule has 0 aliphatic carbocycles. The molecule has 38 heavy (non-hydrogen) atoms. The van der Waals surface area contributed by atoms with Crippen LogP contribution in [0.2, 0.25) is 0 Å². The first-order chi connectivity index (χ1) is 18.3. The molecule has 1 aliphatic heterocycles. The summed E-state index contributed by atoms with van der Waals surface area (Å²) in [6.07, 6.45) is 4.14. The number of hydrogen-bond acceptors (Lipinski definition) is 5. The van der Waals surface area contributed by atoms with Crippen molar-refractivity contribution >= 4 is 17.9 Å². The zero-order valence-corrected chi connectivity index (χ0v) is 22.5. The zero-order valence-electron chi connectivity index (χ0n) is 22.5. The number of ether oxygens (including phenoxy) is 1. The van der Waals surface area contributed by atoms with E-state index in [2.05, 4.69) is 32.9 Å². The lowest BCUT2D eigenvalue weighted by Crippen LogP contribution is -2.43. The largest absolute Gasteiger partial charge is 0.382 e. The van der Waals surface area contributed by atoms with Crippen molar-refractivity contribution < 1.29 is 14.3 Å². The second kappa shape index (κ2) is 11.4. The van der Waals surface area contributed by atoms with E-state index in [4.69, 9.17) is 9.84 Å². The van der Waals surface area contributed by atoms with E-state index in [1.165, 1.54) is 0 Å². The maximum absolute atomic E-state index is 13.6. The first-order valence-corrected chi connectivity index (χ1v) is 12.8. The Labute approximate surface area is 223 Å². The van der Waals surface area contributed by atoms with Crippen molar-refractivity contribution in [2.75, 3.05) is 19.8 Å². The Morgan fingerprint density at radius 3 is 2.34 bits per heavy atom. The molecule has 1 aliphatic rings. The van der Waals surface area contributed by atoms with Crippen LogP contribution in [0.4, 0.5) is 0 Å². The predicted octanol–water partition coefficient (Wildman–Crippen LogP) is 5.48. The summed E-state index contributed by atoms with van der Waals surface area (Å²) in [5, 5.41) is 14.7. The van der Waals surface area contributed by atoms with E-state index >= 15 is 0 Å². The number of amides is 2. The Balaban J connectivity index is 1.89. The number of aromatic nitrogens is 2. The molecule has 0 spiro atoms. The number of para-hydroxylation sites is 1. The number of rotatable bonds is 8. The minimum Gasteiger partial charge on any atom is -0.382 e. The highest BCUT2D eigenvalue weighted by atomic mass is 16.5. The van der Waals surface area contributed by atoms with Gasteiger partial charge in [-0.2, -0.15) is 10.4 Å². The Bertz CT molecular complexity index is 1470. The lowest BCUT2D eigenvalue weighted by atomic mass is 9.91. The maximum atomic E-state index is 13.6. The van der Waals surface area contributed by atoms with Gasteiger partial charge in [0.15, 0.2) is 0 Å². The summed E-state index contributed by atoms with van der Waals surface area (Å²) in [4.78, 5) is 27.7. The molecule has 0 saturated heterocycles. The van der Waals surface area contributed by atoms with Gasteiger partial charge in [0.1, 0.15) is 17.3 Å². The summed E-state index contributed by atoms with van der Waals surface area (Å²) in [5.74, 6) is -0.979. The van der Waals surface area contributed by atoms with Crippen molar-refractivity contribution in [1.29, 1.82) is 5.26 Å². The predicted molar refractivity (Wildman–Crippen MR) is 147 cm³/mol. The molecule has 7 nitrogen and oxygen atoms in total. The molecule has 2 amide bonds. The number of carbonyl (C=O) groups is 2. The molecule has 7 heteroatoms. The molecule has 0 N–H and O–H groups in total.